The minimum Gasteiger partial charge on any atom is -0.367 e. The highest BCUT2D eigenvalue weighted by molar-refractivity contribution is 5.56. The number of nitrogens with zero attached hydrogens (tertiary/aromatic N) is 1. The van der Waals surface area contributed by atoms with E-state index in [0.717, 1.165) is 37.3 Å². The van der Waals surface area contributed by atoms with Gasteiger partial charge in [0.05, 0.1) is 0 Å². The fraction of sp³-hybridized carbons (Fsp3) is 0.500. The Kier molecular flexibility index (Phi) is 4.59. The maximum absolute atomic E-state index is 13.5. The summed E-state index contributed by atoms with van der Waals surface area (Å²) in [5.74, 6) is -0.160. The van der Waals surface area contributed by atoms with Crippen molar-refractivity contribution in [2.24, 2.45) is 0 Å². The van der Waals surface area contributed by atoms with Gasteiger partial charge in [-0.15, -0.1) is 0 Å². The van der Waals surface area contributed by atoms with Gasteiger partial charge in [0.15, 0.2) is 0 Å². The molecule has 1 N–H and O–H groups in total. The highest BCUT2D eigenvalue weighted by atomic mass is 19.1. The van der Waals surface area contributed by atoms with Gasteiger partial charge in [-0.1, -0.05) is 18.6 Å². The third-order valence-corrected chi connectivity index (χ3v) is 3.74. The Morgan fingerprint density at radius 3 is 2.84 bits per heavy atom. The third kappa shape index (κ3) is 3.35. The smallest absolute Gasteiger partial charge is 0.123 e. The van der Waals surface area contributed by atoms with Gasteiger partial charge < -0.3 is 10.2 Å². The lowest BCUT2D eigenvalue weighted by Gasteiger charge is -2.31. The molecule has 0 amide bonds. The summed E-state index contributed by atoms with van der Waals surface area (Å²) in [6.45, 7) is 9.15. The van der Waals surface area contributed by atoms with Crippen LogP contribution in [0.3, 0.4) is 0 Å². The molecular formula is C16H23FN2. The van der Waals surface area contributed by atoms with E-state index in [1.54, 1.807) is 12.1 Å². The van der Waals surface area contributed by atoms with Crippen LogP contribution in [-0.2, 0) is 0 Å². The molecule has 2 rings (SSSR count). The molecule has 0 spiro atoms. The maximum Gasteiger partial charge on any atom is 0.123 e. The summed E-state index contributed by atoms with van der Waals surface area (Å²) in [5.41, 5.74) is 3.65. The van der Waals surface area contributed by atoms with Gasteiger partial charge in [0.1, 0.15) is 5.82 Å². The third-order valence-electron chi connectivity index (χ3n) is 3.74. The van der Waals surface area contributed by atoms with Crippen molar-refractivity contribution in [2.45, 2.75) is 33.2 Å². The van der Waals surface area contributed by atoms with E-state index in [-0.39, 0.29) is 11.9 Å². The average Bonchev–Trinajstić information content (AvgIpc) is 2.40. The second-order valence-electron chi connectivity index (χ2n) is 5.23. The molecule has 1 atom stereocenters. The summed E-state index contributed by atoms with van der Waals surface area (Å²) in [6.07, 6.45) is 3.35. The van der Waals surface area contributed by atoms with Gasteiger partial charge >= 0.3 is 0 Å². The van der Waals surface area contributed by atoms with Crippen LogP contribution < -0.4 is 10.2 Å². The number of anilines is 1. The van der Waals surface area contributed by atoms with Gasteiger partial charge in [-0.25, -0.2) is 4.39 Å². The van der Waals surface area contributed by atoms with Crippen LogP contribution in [0.4, 0.5) is 10.1 Å². The van der Waals surface area contributed by atoms with E-state index in [1.807, 2.05) is 6.07 Å². The van der Waals surface area contributed by atoms with Crippen LogP contribution in [0, 0.1) is 5.82 Å². The van der Waals surface area contributed by atoms with Crippen LogP contribution in [-0.4, -0.2) is 19.6 Å². The van der Waals surface area contributed by atoms with E-state index in [0.29, 0.717) is 0 Å². The molecule has 104 valence electrons. The van der Waals surface area contributed by atoms with Gasteiger partial charge in [-0.2, -0.15) is 0 Å². The molecule has 3 heteroatoms. The highest BCUT2D eigenvalue weighted by Gasteiger charge is 2.17. The van der Waals surface area contributed by atoms with Crippen LogP contribution in [0.2, 0.25) is 0 Å². The Morgan fingerprint density at radius 1 is 1.42 bits per heavy atom. The lowest BCUT2D eigenvalue weighted by Crippen LogP contribution is -2.30. The number of halogens is 1. The molecule has 2 nitrogen and oxygen atoms in total. The molecule has 1 aromatic rings. The van der Waals surface area contributed by atoms with Crippen LogP contribution in [0.15, 0.2) is 29.8 Å². The summed E-state index contributed by atoms with van der Waals surface area (Å²) in [5, 5.41) is 3.37. The topological polar surface area (TPSA) is 15.3 Å². The lowest BCUT2D eigenvalue weighted by molar-refractivity contribution is 0.580. The van der Waals surface area contributed by atoms with E-state index in [9.17, 15) is 4.39 Å². The molecule has 0 saturated carbocycles. The van der Waals surface area contributed by atoms with Crippen molar-refractivity contribution in [3.8, 4) is 0 Å². The van der Waals surface area contributed by atoms with Crippen molar-refractivity contribution < 1.29 is 4.39 Å². The van der Waals surface area contributed by atoms with Gasteiger partial charge in [0, 0.05) is 24.8 Å². The van der Waals surface area contributed by atoms with Crippen molar-refractivity contribution in [2.75, 3.05) is 24.5 Å². The van der Waals surface area contributed by atoms with E-state index in [4.69, 9.17) is 0 Å². The first-order valence-corrected chi connectivity index (χ1v) is 7.05. The molecule has 1 aliphatic rings. The average molecular weight is 262 g/mol. The first kappa shape index (κ1) is 14.1. The van der Waals surface area contributed by atoms with E-state index < -0.39 is 0 Å². The number of nitrogens with one attached hydrogen (secondary N) is 1. The molecule has 0 aliphatic carbocycles. The largest absolute Gasteiger partial charge is 0.367 e. The molecule has 1 unspecified atom stereocenters. The predicted molar refractivity (Wildman–Crippen MR) is 79.1 cm³/mol. The van der Waals surface area contributed by atoms with Crippen LogP contribution in [0.25, 0.3) is 0 Å². The Balaban J connectivity index is 2.29. The van der Waals surface area contributed by atoms with Gasteiger partial charge in [0.2, 0.25) is 0 Å². The second-order valence-corrected chi connectivity index (χ2v) is 5.23. The predicted octanol–water partition coefficient (Wildman–Crippen LogP) is 3.65. The Morgan fingerprint density at radius 2 is 2.21 bits per heavy atom. The zero-order valence-electron chi connectivity index (χ0n) is 12.0. The molecule has 0 fully saturated rings. The molecule has 0 aromatic heterocycles. The monoisotopic (exact) mass is 262 g/mol. The quantitative estimate of drug-likeness (QED) is 0.833. The number of benzene rings is 1. The standard InChI is InChI=1S/C16H23FN2/c1-4-18-13(3)15-11-14(17)5-6-16(15)19-9-7-12(2)8-10-19/h5-7,11,13,18H,4,8-10H2,1-3H3. The molecule has 1 aliphatic heterocycles. The van der Waals surface area contributed by atoms with Gasteiger partial charge in [-0.3, -0.25) is 0 Å². The zero-order chi connectivity index (χ0) is 13.8. The molecule has 1 aromatic carbocycles. The minimum atomic E-state index is -0.160. The molecule has 19 heavy (non-hydrogen) atoms. The zero-order valence-corrected chi connectivity index (χ0v) is 12.0. The summed E-state index contributed by atoms with van der Waals surface area (Å²) < 4.78 is 13.5. The molecule has 0 radical (unpaired) electrons. The van der Waals surface area contributed by atoms with Crippen LogP contribution in [0.5, 0.6) is 0 Å². The minimum absolute atomic E-state index is 0.160. The van der Waals surface area contributed by atoms with Crippen molar-refractivity contribution in [3.63, 3.8) is 0 Å². The molecular weight excluding hydrogens is 239 g/mol. The Hall–Kier alpha value is -1.35. The summed E-state index contributed by atoms with van der Waals surface area (Å²) >= 11 is 0. The van der Waals surface area contributed by atoms with Gasteiger partial charge in [-0.05, 0) is 50.6 Å². The van der Waals surface area contributed by atoms with E-state index in [2.05, 4.69) is 37.1 Å². The highest BCUT2D eigenvalue weighted by Crippen LogP contribution is 2.29. The number of hydrogen-bond acceptors (Lipinski definition) is 2. The molecule has 0 bridgehead atoms. The maximum atomic E-state index is 13.5. The number of rotatable bonds is 4. The van der Waals surface area contributed by atoms with Crippen molar-refractivity contribution in [3.05, 3.63) is 41.2 Å². The van der Waals surface area contributed by atoms with Gasteiger partial charge in [0.25, 0.3) is 0 Å². The Labute approximate surface area is 115 Å². The summed E-state index contributed by atoms with van der Waals surface area (Å²) in [7, 11) is 0. The SMILES string of the molecule is CCNC(C)c1cc(F)ccc1N1CC=C(C)CC1. The van der Waals surface area contributed by atoms with Crippen LogP contribution >= 0.6 is 0 Å². The van der Waals surface area contributed by atoms with Crippen molar-refractivity contribution in [1.82, 2.24) is 5.32 Å². The fourth-order valence-corrected chi connectivity index (χ4v) is 2.57. The normalized spacial score (nSPS) is 17.3. The first-order valence-electron chi connectivity index (χ1n) is 7.05. The fourth-order valence-electron chi connectivity index (χ4n) is 2.57. The number of hydrogen-bond donors (Lipinski definition) is 1. The summed E-state index contributed by atoms with van der Waals surface area (Å²) in [6, 6.07) is 5.30. The Bertz CT molecular complexity index is 468. The van der Waals surface area contributed by atoms with Crippen molar-refractivity contribution in [1.29, 1.82) is 0 Å². The second kappa shape index (κ2) is 6.20. The molecule has 0 saturated heterocycles. The summed E-state index contributed by atoms with van der Waals surface area (Å²) in [4.78, 5) is 2.33. The lowest BCUT2D eigenvalue weighted by atomic mass is 10.0. The van der Waals surface area contributed by atoms with E-state index in [1.165, 1.54) is 5.57 Å². The van der Waals surface area contributed by atoms with Crippen molar-refractivity contribution >= 4 is 5.69 Å². The van der Waals surface area contributed by atoms with E-state index >= 15 is 0 Å². The van der Waals surface area contributed by atoms with Crippen LogP contribution in [0.1, 0.15) is 38.8 Å². The first-order chi connectivity index (χ1) is 9.11. The molecule has 1 heterocycles.